The fourth-order valence-corrected chi connectivity index (χ4v) is 7.33. The maximum Gasteiger partial charge on any atom is 0.341 e. The number of aromatic nitrogens is 1. The zero-order valence-corrected chi connectivity index (χ0v) is 24.1. The van der Waals surface area contributed by atoms with Crippen LogP contribution in [-0.4, -0.2) is 28.3 Å². The molecule has 1 amide bonds. The Bertz CT molecular complexity index is 1440. The van der Waals surface area contributed by atoms with Gasteiger partial charge in [-0.25, -0.2) is 4.79 Å². The van der Waals surface area contributed by atoms with E-state index >= 15 is 0 Å². The fraction of sp³-hybridized carbons (Fsp3) is 0.310. The molecule has 1 N–H and O–H groups in total. The molecular formula is C29H29BrN2O3S2. The number of carbonyl (C=O) groups excluding carboxylic acids is 2. The lowest BCUT2D eigenvalue weighted by atomic mass is 9.95. The second-order valence-electron chi connectivity index (χ2n) is 9.15. The highest BCUT2D eigenvalue weighted by Gasteiger charge is 2.28. The van der Waals surface area contributed by atoms with Gasteiger partial charge in [-0.1, -0.05) is 46.3 Å². The summed E-state index contributed by atoms with van der Waals surface area (Å²) in [5, 5.41) is 4.48. The Hall–Kier alpha value is -2.55. The summed E-state index contributed by atoms with van der Waals surface area (Å²) in [5.41, 5.74) is 3.95. The molecule has 0 fully saturated rings. The molecular weight excluding hydrogens is 568 g/mol. The average molecular weight is 598 g/mol. The molecule has 0 aliphatic heterocycles. The largest absolute Gasteiger partial charge is 0.462 e. The number of hydrogen-bond acceptors (Lipinski definition) is 5. The smallest absolute Gasteiger partial charge is 0.341 e. The van der Waals surface area contributed by atoms with Crippen molar-refractivity contribution in [1.82, 2.24) is 4.57 Å². The standard InChI is InChI=1S/C29H29BrN2O3S2/c1-3-35-29(34)26-22-9-5-7-11-24(22)37-28(26)31-27(33)18(2)36-25-17-32(23-10-6-4-8-21(23)25)16-19-12-14-20(30)15-13-19/h4,6,8,10,12-15,17-18H,3,5,7,9,11,16H2,1-2H3,(H,31,33)/t18-/m1/s1. The summed E-state index contributed by atoms with van der Waals surface area (Å²) < 4.78 is 8.63. The maximum atomic E-state index is 13.3. The van der Waals surface area contributed by atoms with Crippen LogP contribution in [0.4, 0.5) is 5.00 Å². The van der Waals surface area contributed by atoms with E-state index in [4.69, 9.17) is 4.74 Å². The summed E-state index contributed by atoms with van der Waals surface area (Å²) in [6.45, 7) is 4.78. The molecule has 0 saturated heterocycles. The van der Waals surface area contributed by atoms with Gasteiger partial charge in [-0.3, -0.25) is 4.79 Å². The van der Waals surface area contributed by atoms with Crippen LogP contribution < -0.4 is 5.32 Å². The van der Waals surface area contributed by atoms with Crippen LogP contribution in [0.5, 0.6) is 0 Å². The number of ether oxygens (including phenoxy) is 1. The number of fused-ring (bicyclic) bond motifs is 2. The van der Waals surface area contributed by atoms with Crippen molar-refractivity contribution in [2.45, 2.75) is 56.2 Å². The Morgan fingerprint density at radius 1 is 1.14 bits per heavy atom. The number of thiophene rings is 1. The first-order valence-electron chi connectivity index (χ1n) is 12.6. The number of carbonyl (C=O) groups is 2. The number of halogens is 1. The van der Waals surface area contributed by atoms with Crippen molar-refractivity contribution in [1.29, 1.82) is 0 Å². The van der Waals surface area contributed by atoms with Crippen molar-refractivity contribution >= 4 is 66.8 Å². The Kier molecular flexibility index (Phi) is 8.07. The van der Waals surface area contributed by atoms with E-state index in [9.17, 15) is 9.59 Å². The predicted molar refractivity (Wildman–Crippen MR) is 156 cm³/mol. The molecule has 0 saturated carbocycles. The van der Waals surface area contributed by atoms with Crippen molar-refractivity contribution in [2.24, 2.45) is 0 Å². The van der Waals surface area contributed by atoms with Crippen LogP contribution in [-0.2, 0) is 28.9 Å². The Morgan fingerprint density at radius 2 is 1.89 bits per heavy atom. The summed E-state index contributed by atoms with van der Waals surface area (Å²) in [7, 11) is 0. The minimum atomic E-state index is -0.346. The third-order valence-electron chi connectivity index (χ3n) is 6.58. The summed E-state index contributed by atoms with van der Waals surface area (Å²) in [6, 6.07) is 16.6. The number of nitrogens with one attached hydrogen (secondary N) is 1. The maximum absolute atomic E-state index is 13.3. The van der Waals surface area contributed by atoms with Crippen molar-refractivity contribution < 1.29 is 14.3 Å². The zero-order valence-electron chi connectivity index (χ0n) is 20.9. The quantitative estimate of drug-likeness (QED) is 0.167. The van der Waals surface area contributed by atoms with Crippen molar-refractivity contribution in [2.75, 3.05) is 11.9 Å². The zero-order chi connectivity index (χ0) is 25.9. The molecule has 5 nitrogen and oxygen atoms in total. The normalized spacial score (nSPS) is 13.8. The molecule has 1 aliphatic rings. The molecule has 192 valence electrons. The second-order valence-corrected chi connectivity index (χ2v) is 12.6. The van der Waals surface area contributed by atoms with Gasteiger partial charge < -0.3 is 14.6 Å². The molecule has 37 heavy (non-hydrogen) atoms. The van der Waals surface area contributed by atoms with Gasteiger partial charge in [0, 0.05) is 37.9 Å². The summed E-state index contributed by atoms with van der Waals surface area (Å²) in [5.74, 6) is -0.451. The number of benzene rings is 2. The van der Waals surface area contributed by atoms with E-state index in [0.29, 0.717) is 17.2 Å². The number of para-hydroxylation sites is 1. The van der Waals surface area contributed by atoms with Gasteiger partial charge in [0.05, 0.1) is 17.4 Å². The number of aryl methyl sites for hydroxylation is 1. The van der Waals surface area contributed by atoms with Gasteiger partial charge in [0.15, 0.2) is 0 Å². The number of thioether (sulfide) groups is 1. The van der Waals surface area contributed by atoms with E-state index in [0.717, 1.165) is 58.1 Å². The van der Waals surface area contributed by atoms with Gasteiger partial charge in [0.25, 0.3) is 0 Å². The van der Waals surface area contributed by atoms with E-state index in [1.165, 1.54) is 21.8 Å². The van der Waals surface area contributed by atoms with Gasteiger partial charge in [-0.2, -0.15) is 0 Å². The van der Waals surface area contributed by atoms with E-state index < -0.39 is 0 Å². The Balaban J connectivity index is 1.37. The number of esters is 1. The first-order chi connectivity index (χ1) is 17.9. The van der Waals surface area contributed by atoms with Crippen molar-refractivity contribution in [3.8, 4) is 0 Å². The third kappa shape index (κ3) is 5.66. The minimum Gasteiger partial charge on any atom is -0.462 e. The van der Waals surface area contributed by atoms with E-state index in [2.05, 4.69) is 68.4 Å². The highest BCUT2D eigenvalue weighted by Crippen LogP contribution is 2.39. The molecule has 0 bridgehead atoms. The number of rotatable bonds is 8. The number of anilines is 1. The van der Waals surface area contributed by atoms with E-state index in [-0.39, 0.29) is 17.1 Å². The number of amides is 1. The third-order valence-corrected chi connectivity index (χ3v) is 9.46. The highest BCUT2D eigenvalue weighted by atomic mass is 79.9. The summed E-state index contributed by atoms with van der Waals surface area (Å²) in [4.78, 5) is 28.4. The van der Waals surface area contributed by atoms with Gasteiger partial charge in [-0.15, -0.1) is 23.1 Å². The van der Waals surface area contributed by atoms with E-state index in [1.807, 2.05) is 19.1 Å². The Morgan fingerprint density at radius 3 is 2.68 bits per heavy atom. The van der Waals surface area contributed by atoms with Crippen LogP contribution >= 0.6 is 39.0 Å². The molecule has 1 aliphatic carbocycles. The highest BCUT2D eigenvalue weighted by molar-refractivity contribution is 9.10. The van der Waals surface area contributed by atoms with E-state index in [1.54, 1.807) is 18.7 Å². The first-order valence-corrected chi connectivity index (χ1v) is 15.0. The fourth-order valence-electron chi connectivity index (χ4n) is 4.75. The van der Waals surface area contributed by atoms with Gasteiger partial charge in [-0.05, 0) is 68.9 Å². The average Bonchev–Trinajstić information content (AvgIpc) is 3.43. The molecule has 5 rings (SSSR count). The van der Waals surface area contributed by atoms with Crippen LogP contribution in [0.15, 0.2) is 64.1 Å². The molecule has 2 aromatic heterocycles. The topological polar surface area (TPSA) is 60.3 Å². The molecule has 0 radical (unpaired) electrons. The molecule has 1 atom stereocenters. The summed E-state index contributed by atoms with van der Waals surface area (Å²) in [6.07, 6.45) is 6.11. The summed E-state index contributed by atoms with van der Waals surface area (Å²) >= 11 is 6.57. The van der Waals surface area contributed by atoms with Crippen molar-refractivity contribution in [3.05, 3.63) is 80.8 Å². The Labute approximate surface area is 233 Å². The number of nitrogens with zero attached hydrogens (tertiary/aromatic N) is 1. The van der Waals surface area contributed by atoms with Crippen LogP contribution in [0.2, 0.25) is 0 Å². The number of hydrogen-bond donors (Lipinski definition) is 1. The lowest BCUT2D eigenvalue weighted by Gasteiger charge is -2.13. The van der Waals surface area contributed by atoms with Crippen LogP contribution in [0.3, 0.4) is 0 Å². The van der Waals surface area contributed by atoms with Gasteiger partial charge in [0.2, 0.25) is 5.91 Å². The molecule has 0 unspecified atom stereocenters. The van der Waals surface area contributed by atoms with Gasteiger partial charge in [0.1, 0.15) is 5.00 Å². The molecule has 2 heterocycles. The van der Waals surface area contributed by atoms with Crippen LogP contribution in [0.1, 0.15) is 53.1 Å². The first kappa shape index (κ1) is 26.1. The predicted octanol–water partition coefficient (Wildman–Crippen LogP) is 7.69. The van der Waals surface area contributed by atoms with Crippen LogP contribution in [0, 0.1) is 0 Å². The second kappa shape index (κ2) is 11.5. The molecule has 4 aromatic rings. The van der Waals surface area contributed by atoms with Crippen molar-refractivity contribution in [3.63, 3.8) is 0 Å². The SMILES string of the molecule is CCOC(=O)c1c(NC(=O)[C@@H](C)Sc2cn(Cc3ccc(Br)cc3)c3ccccc23)sc2c1CCCC2. The lowest BCUT2D eigenvalue weighted by molar-refractivity contribution is -0.115. The molecule has 8 heteroatoms. The molecule has 0 spiro atoms. The van der Waals surface area contributed by atoms with Gasteiger partial charge >= 0.3 is 5.97 Å². The van der Waals surface area contributed by atoms with Crippen LogP contribution in [0.25, 0.3) is 10.9 Å². The lowest BCUT2D eigenvalue weighted by Crippen LogP contribution is -2.23. The minimum absolute atomic E-state index is 0.112. The molecule has 2 aromatic carbocycles. The monoisotopic (exact) mass is 596 g/mol.